The van der Waals surface area contributed by atoms with Gasteiger partial charge in [0.2, 0.25) is 0 Å². The number of carbonyl (C=O) groups is 3. The smallest absolute Gasteiger partial charge is 0.362 e. The molecule has 0 aromatic carbocycles. The van der Waals surface area contributed by atoms with E-state index >= 15 is 0 Å². The minimum atomic E-state index is -0.873. The number of hydrogen-bond acceptors (Lipinski definition) is 6. The van der Waals surface area contributed by atoms with E-state index < -0.39 is 18.1 Å². The normalized spacial score (nSPS) is 13.0. The molecule has 0 aliphatic rings. The van der Waals surface area contributed by atoms with E-state index in [4.69, 9.17) is 14.2 Å². The molecule has 0 rings (SSSR count). The number of esters is 2. The van der Waals surface area contributed by atoms with E-state index in [9.17, 15) is 19.5 Å². The van der Waals surface area contributed by atoms with E-state index in [-0.39, 0.29) is 36.2 Å². The second-order valence-corrected chi connectivity index (χ2v) is 20.2. The lowest BCUT2D eigenvalue weighted by Gasteiger charge is -2.31. The van der Waals surface area contributed by atoms with E-state index in [0.29, 0.717) is 19.3 Å². The van der Waals surface area contributed by atoms with Crippen molar-refractivity contribution in [2.24, 2.45) is 0 Å². The number of nitrogens with zero attached hydrogens (tertiary/aromatic N) is 1. The van der Waals surface area contributed by atoms with Gasteiger partial charge in [-0.25, -0.2) is 4.79 Å². The Bertz CT molecular complexity index is 1170. The molecular formula is C58H108NO7+. The number of unbranched alkanes of at least 4 members (excludes halogenated alkanes) is 31. The van der Waals surface area contributed by atoms with Crippen LogP contribution in [0.2, 0.25) is 0 Å². The summed E-state index contributed by atoms with van der Waals surface area (Å²) in [5, 5.41) is 9.67. The fourth-order valence-corrected chi connectivity index (χ4v) is 8.52. The van der Waals surface area contributed by atoms with Gasteiger partial charge in [-0.2, -0.15) is 0 Å². The Labute approximate surface area is 408 Å². The van der Waals surface area contributed by atoms with Crippen LogP contribution < -0.4 is 0 Å². The van der Waals surface area contributed by atoms with Crippen LogP contribution in [0.5, 0.6) is 0 Å². The topological polar surface area (TPSA) is 99.1 Å². The number of quaternary nitrogens is 1. The molecule has 2 unspecified atom stereocenters. The quantitative estimate of drug-likeness (QED) is 0.0281. The van der Waals surface area contributed by atoms with Crippen LogP contribution in [0.1, 0.15) is 264 Å². The van der Waals surface area contributed by atoms with Crippen LogP contribution >= 0.6 is 0 Å². The van der Waals surface area contributed by atoms with Crippen molar-refractivity contribution in [2.75, 3.05) is 41.0 Å². The third kappa shape index (κ3) is 46.7. The lowest BCUT2D eigenvalue weighted by molar-refractivity contribution is -0.887. The zero-order valence-corrected chi connectivity index (χ0v) is 44.2. The van der Waals surface area contributed by atoms with E-state index in [1.165, 1.54) is 167 Å². The molecule has 0 radical (unpaired) electrons. The summed E-state index contributed by atoms with van der Waals surface area (Å²) in [6.07, 6.45) is 59.2. The molecule has 0 aliphatic heterocycles. The van der Waals surface area contributed by atoms with Crippen molar-refractivity contribution in [1.82, 2.24) is 0 Å². The first-order valence-corrected chi connectivity index (χ1v) is 28.0. The fraction of sp³-hybridized carbons (Fsp3) is 0.845. The highest BCUT2D eigenvalue weighted by Gasteiger charge is 2.31. The Hall–Kier alpha value is -2.45. The van der Waals surface area contributed by atoms with Gasteiger partial charge in [0.25, 0.3) is 0 Å². The van der Waals surface area contributed by atoms with Crippen LogP contribution in [0.3, 0.4) is 0 Å². The van der Waals surface area contributed by atoms with Crippen LogP contribution in [0.15, 0.2) is 36.5 Å². The molecule has 0 amide bonds. The van der Waals surface area contributed by atoms with Crippen molar-refractivity contribution in [1.29, 1.82) is 0 Å². The lowest BCUT2D eigenvalue weighted by atomic mass is 10.0. The highest BCUT2D eigenvalue weighted by atomic mass is 16.6. The predicted molar refractivity (Wildman–Crippen MR) is 280 cm³/mol. The molecule has 8 heteroatoms. The summed E-state index contributed by atoms with van der Waals surface area (Å²) in [6.45, 7) is 4.67. The molecule has 0 aromatic rings. The molecule has 386 valence electrons. The number of carboxylic acid groups (broad SMARTS) is 1. The van der Waals surface area contributed by atoms with Crippen molar-refractivity contribution < 1.29 is 38.2 Å². The maximum absolute atomic E-state index is 12.8. The van der Waals surface area contributed by atoms with Crippen LogP contribution in [-0.4, -0.2) is 80.6 Å². The number of aliphatic carboxylic acids is 1. The maximum Gasteiger partial charge on any atom is 0.362 e. The third-order valence-electron chi connectivity index (χ3n) is 12.8. The maximum atomic E-state index is 12.8. The van der Waals surface area contributed by atoms with Crippen molar-refractivity contribution in [3.63, 3.8) is 0 Å². The van der Waals surface area contributed by atoms with Gasteiger partial charge in [-0.1, -0.05) is 237 Å². The van der Waals surface area contributed by atoms with Gasteiger partial charge in [0, 0.05) is 19.3 Å². The van der Waals surface area contributed by atoms with Crippen LogP contribution in [-0.2, 0) is 28.6 Å². The Morgan fingerprint density at radius 1 is 0.470 bits per heavy atom. The van der Waals surface area contributed by atoms with E-state index in [1.54, 1.807) is 0 Å². The first-order chi connectivity index (χ1) is 32.1. The molecule has 1 N–H and O–H groups in total. The predicted octanol–water partition coefficient (Wildman–Crippen LogP) is 16.5. The monoisotopic (exact) mass is 931 g/mol. The highest BCUT2D eigenvalue weighted by Crippen LogP contribution is 2.17. The number of ether oxygens (including phenoxy) is 3. The number of carboxylic acids is 1. The number of likely N-dealkylation sites (N-methyl/N-ethyl adjacent to an activating group) is 1. The third-order valence-corrected chi connectivity index (χ3v) is 12.8. The summed E-state index contributed by atoms with van der Waals surface area (Å²) in [7, 11) is 5.55. The van der Waals surface area contributed by atoms with Gasteiger partial charge in [0.05, 0.1) is 34.4 Å². The van der Waals surface area contributed by atoms with Crippen molar-refractivity contribution in [3.05, 3.63) is 36.5 Å². The van der Waals surface area contributed by atoms with Gasteiger partial charge in [-0.3, -0.25) is 9.59 Å². The first kappa shape index (κ1) is 63.5. The van der Waals surface area contributed by atoms with Crippen LogP contribution in [0.25, 0.3) is 0 Å². The largest absolute Gasteiger partial charge is 0.477 e. The minimum Gasteiger partial charge on any atom is -0.477 e. The molecule has 0 heterocycles. The van der Waals surface area contributed by atoms with E-state index in [0.717, 1.165) is 64.2 Å². The Balaban J connectivity index is 4.14. The molecule has 0 aromatic heterocycles. The summed E-state index contributed by atoms with van der Waals surface area (Å²) >= 11 is 0. The lowest BCUT2D eigenvalue weighted by Crippen LogP contribution is -2.50. The average molecular weight is 932 g/mol. The Kier molecular flexibility index (Phi) is 47.2. The number of allylic oxidation sites excluding steroid dienone is 6. The second kappa shape index (κ2) is 49.0. The molecular weight excluding hydrogens is 823 g/mol. The summed E-state index contributed by atoms with van der Waals surface area (Å²) < 4.78 is 17.4. The zero-order valence-electron chi connectivity index (χ0n) is 44.2. The highest BCUT2D eigenvalue weighted by molar-refractivity contribution is 5.72. The van der Waals surface area contributed by atoms with Gasteiger partial charge in [0.1, 0.15) is 6.61 Å². The summed E-state index contributed by atoms with van der Waals surface area (Å²) in [5.41, 5.74) is 0. The molecule has 66 heavy (non-hydrogen) atoms. The van der Waals surface area contributed by atoms with Crippen molar-refractivity contribution in [3.8, 4) is 0 Å². The minimum absolute atomic E-state index is 0.0492. The van der Waals surface area contributed by atoms with Gasteiger partial charge in [-0.05, 0) is 44.9 Å². The molecule has 0 saturated heterocycles. The summed E-state index contributed by atoms with van der Waals surface area (Å²) in [6, 6.07) is -0.615. The van der Waals surface area contributed by atoms with Gasteiger partial charge in [-0.15, -0.1) is 0 Å². The molecule has 2 atom stereocenters. The molecule has 8 nitrogen and oxygen atoms in total. The standard InChI is InChI=1S/C58H107NO7/c1-6-8-10-12-14-16-18-20-22-24-26-27-28-29-31-32-34-36-38-40-42-44-46-48-56(60)65-53-54(52-64-51-50-55(58(62)63)59(3,4)5)66-57(61)49-47-45-43-41-39-37-35-33-30-25-23-21-19-17-15-13-11-9-7-2/h9,11,15,17,21,23,54-55H,6-8,10,12-14,16,18-20,22,24-53H2,1-5H3/p+1/b11-9+,17-15+,23-21+. The van der Waals surface area contributed by atoms with E-state index in [1.807, 2.05) is 21.1 Å². The SMILES string of the molecule is CC/C=C/C/C=C/C/C=C/CCCCCCCCCCCC(=O)OC(COCCC(C(=O)O)[N+](C)(C)C)COC(=O)CCCCCCCCCCCCCCCCCCCCCCCCC. The molecule has 0 aliphatic carbocycles. The summed E-state index contributed by atoms with van der Waals surface area (Å²) in [5.74, 6) is -1.46. The first-order valence-electron chi connectivity index (χ1n) is 28.0. The molecule has 0 spiro atoms. The Morgan fingerprint density at radius 2 is 0.848 bits per heavy atom. The van der Waals surface area contributed by atoms with Gasteiger partial charge >= 0.3 is 17.9 Å². The summed E-state index contributed by atoms with van der Waals surface area (Å²) in [4.78, 5) is 37.2. The number of carbonyl (C=O) groups excluding carboxylic acids is 2. The van der Waals surface area contributed by atoms with Crippen molar-refractivity contribution >= 4 is 17.9 Å². The zero-order chi connectivity index (χ0) is 48.4. The average Bonchev–Trinajstić information content (AvgIpc) is 3.28. The number of rotatable bonds is 51. The van der Waals surface area contributed by atoms with Crippen LogP contribution in [0, 0.1) is 0 Å². The van der Waals surface area contributed by atoms with E-state index in [2.05, 4.69) is 50.3 Å². The molecule has 0 fully saturated rings. The fourth-order valence-electron chi connectivity index (χ4n) is 8.52. The molecule has 0 saturated carbocycles. The van der Waals surface area contributed by atoms with Crippen molar-refractivity contribution in [2.45, 2.75) is 276 Å². The molecule has 0 bridgehead atoms. The Morgan fingerprint density at radius 3 is 1.26 bits per heavy atom. The van der Waals surface area contributed by atoms with Gasteiger partial charge in [0.15, 0.2) is 12.1 Å². The second-order valence-electron chi connectivity index (χ2n) is 20.2. The number of hydrogen-bond donors (Lipinski definition) is 1. The van der Waals surface area contributed by atoms with Gasteiger partial charge < -0.3 is 23.8 Å². The van der Waals surface area contributed by atoms with Crippen LogP contribution in [0.4, 0.5) is 0 Å².